The number of halogens is 2. The molecule has 0 bridgehead atoms. The van der Waals surface area contributed by atoms with Crippen LogP contribution in [0, 0.1) is 0 Å². The van der Waals surface area contributed by atoms with Crippen LogP contribution in [0.25, 0.3) is 0 Å². The molecule has 0 aromatic heterocycles. The van der Waals surface area contributed by atoms with Crippen LogP contribution in [0.4, 0.5) is 0 Å². The average Bonchev–Trinajstić information content (AvgIpc) is 2.91. The van der Waals surface area contributed by atoms with E-state index in [2.05, 4.69) is 11.8 Å². The Morgan fingerprint density at radius 2 is 0.853 bits per heavy atom. The summed E-state index contributed by atoms with van der Waals surface area (Å²) in [5, 5.41) is 9.64. The standard InChI is InChI=1S/C12H10ClOP.C12H12NO2P.ClH2NO/c13-15(14,11-7-3-1-4-8-11)12-9-5-2-6-10-12;13-15-16(14,11-7-3-1-4-8-11)12-9-5-2-6-10-12;1-2-3/h1-10H;1-10H,13H2;2-3H. The van der Waals surface area contributed by atoms with Gasteiger partial charge in [-0.05, 0) is 35.5 Å². The highest BCUT2D eigenvalue weighted by atomic mass is 35.7. The van der Waals surface area contributed by atoms with Gasteiger partial charge in [-0.1, -0.05) is 97.1 Å². The van der Waals surface area contributed by atoms with Crippen LogP contribution in [0.3, 0.4) is 0 Å². The molecule has 4 rings (SSSR count). The van der Waals surface area contributed by atoms with Crippen molar-refractivity contribution >= 4 is 58.1 Å². The van der Waals surface area contributed by atoms with E-state index < -0.39 is 13.9 Å². The van der Waals surface area contributed by atoms with E-state index in [9.17, 15) is 9.13 Å². The van der Waals surface area contributed by atoms with Crippen LogP contribution in [0.1, 0.15) is 0 Å². The quantitative estimate of drug-likeness (QED) is 0.187. The molecule has 0 radical (unpaired) electrons. The Kier molecular flexibility index (Phi) is 11.7. The van der Waals surface area contributed by atoms with Crippen molar-refractivity contribution in [1.29, 1.82) is 0 Å². The molecule has 178 valence electrons. The zero-order chi connectivity index (χ0) is 24.9. The Labute approximate surface area is 208 Å². The zero-order valence-electron chi connectivity index (χ0n) is 17.9. The first-order valence-corrected chi connectivity index (χ1v) is 14.5. The predicted octanol–water partition coefficient (Wildman–Crippen LogP) is 5.08. The lowest BCUT2D eigenvalue weighted by atomic mass is 10.4. The highest BCUT2D eigenvalue weighted by molar-refractivity contribution is 8.00. The topological polar surface area (TPSA) is 102 Å². The largest absolute Gasteiger partial charge is 0.301 e. The van der Waals surface area contributed by atoms with E-state index in [1.54, 1.807) is 48.5 Å². The molecule has 4 aromatic rings. The number of hydrogen-bond donors (Lipinski definition) is 3. The van der Waals surface area contributed by atoms with Crippen molar-refractivity contribution in [3.8, 4) is 0 Å². The van der Waals surface area contributed by atoms with Gasteiger partial charge in [0, 0.05) is 33.0 Å². The number of rotatable bonds is 5. The molecule has 0 aliphatic rings. The molecule has 0 heterocycles. The molecule has 0 saturated heterocycles. The van der Waals surface area contributed by atoms with Crippen molar-refractivity contribution < 1.29 is 19.0 Å². The van der Waals surface area contributed by atoms with E-state index >= 15 is 0 Å². The Morgan fingerprint density at radius 3 is 1.09 bits per heavy atom. The fourth-order valence-electron chi connectivity index (χ4n) is 2.91. The van der Waals surface area contributed by atoms with Crippen molar-refractivity contribution in [3.05, 3.63) is 121 Å². The van der Waals surface area contributed by atoms with Crippen molar-refractivity contribution in [2.24, 2.45) is 5.90 Å². The molecule has 0 amide bonds. The van der Waals surface area contributed by atoms with Gasteiger partial charge in [0.2, 0.25) is 6.49 Å². The minimum atomic E-state index is -3.13. The number of nitrogens with two attached hydrogens (primary N) is 1. The van der Waals surface area contributed by atoms with E-state index in [-0.39, 0.29) is 0 Å². The van der Waals surface area contributed by atoms with Gasteiger partial charge >= 0.3 is 0 Å². The summed E-state index contributed by atoms with van der Waals surface area (Å²) < 4.78 is 29.8. The zero-order valence-corrected chi connectivity index (χ0v) is 21.2. The van der Waals surface area contributed by atoms with Crippen molar-refractivity contribution in [1.82, 2.24) is 5.00 Å². The predicted molar refractivity (Wildman–Crippen MR) is 141 cm³/mol. The Bertz CT molecular complexity index is 1120. The maximum atomic E-state index is 12.6. The van der Waals surface area contributed by atoms with Gasteiger partial charge in [0.15, 0.2) is 0 Å². The van der Waals surface area contributed by atoms with E-state index in [1.807, 2.05) is 72.8 Å². The molecule has 0 saturated carbocycles. The van der Waals surface area contributed by atoms with Crippen molar-refractivity contribution in [2.75, 3.05) is 0 Å². The summed E-state index contributed by atoms with van der Waals surface area (Å²) in [6, 6.07) is 36.2. The fraction of sp³-hybridized carbons (Fsp3) is 0. The first kappa shape index (κ1) is 28.0. The molecule has 0 aliphatic heterocycles. The Hall–Kier alpha value is -2.24. The second kappa shape index (κ2) is 14.2. The highest BCUT2D eigenvalue weighted by Crippen LogP contribution is 2.48. The molecule has 6 nitrogen and oxygen atoms in total. The summed E-state index contributed by atoms with van der Waals surface area (Å²) in [5.74, 6) is 5.21. The number of nitrogens with one attached hydrogen (secondary N) is 1. The summed E-state index contributed by atoms with van der Waals surface area (Å²) in [4.78, 5) is 1.22. The van der Waals surface area contributed by atoms with E-state index in [4.69, 9.17) is 27.0 Å². The monoisotopic (exact) mass is 536 g/mol. The van der Waals surface area contributed by atoms with Gasteiger partial charge in [-0.25, -0.2) is 10.5 Å². The smallest absolute Gasteiger partial charge is 0.277 e. The molecule has 0 aliphatic carbocycles. The van der Waals surface area contributed by atoms with E-state index in [1.165, 1.54) is 5.00 Å². The molecule has 34 heavy (non-hydrogen) atoms. The maximum Gasteiger partial charge on any atom is 0.277 e. The highest BCUT2D eigenvalue weighted by Gasteiger charge is 2.27. The first-order valence-electron chi connectivity index (χ1n) is 9.90. The van der Waals surface area contributed by atoms with E-state index in [0.29, 0.717) is 21.2 Å². The minimum Gasteiger partial charge on any atom is -0.301 e. The fourth-order valence-corrected chi connectivity index (χ4v) is 6.66. The first-order chi connectivity index (χ1) is 16.4. The molecule has 4 aromatic carbocycles. The lowest BCUT2D eigenvalue weighted by Crippen LogP contribution is -2.20. The third-order valence-corrected chi connectivity index (χ3v) is 9.87. The minimum absolute atomic E-state index is 0.601. The summed E-state index contributed by atoms with van der Waals surface area (Å²) >= 11 is 10.4. The molecular weight excluding hydrogens is 513 g/mol. The van der Waals surface area contributed by atoms with Crippen LogP contribution in [0.2, 0.25) is 0 Å². The van der Waals surface area contributed by atoms with Gasteiger partial charge in [0.25, 0.3) is 7.37 Å². The number of hydrogen-bond acceptors (Lipinski definition) is 6. The van der Waals surface area contributed by atoms with Gasteiger partial charge in [0.05, 0.1) is 0 Å². The lowest BCUT2D eigenvalue weighted by Gasteiger charge is -2.15. The van der Waals surface area contributed by atoms with Crippen molar-refractivity contribution in [2.45, 2.75) is 0 Å². The van der Waals surface area contributed by atoms with Gasteiger partial charge < -0.3 is 5.21 Å². The third kappa shape index (κ3) is 7.64. The molecular formula is C24H24Cl2N2O4P2. The van der Waals surface area contributed by atoms with Crippen LogP contribution >= 0.6 is 36.9 Å². The van der Waals surface area contributed by atoms with Crippen LogP contribution < -0.4 is 32.1 Å². The summed E-state index contributed by atoms with van der Waals surface area (Å²) in [6.45, 7) is -2.93. The van der Waals surface area contributed by atoms with E-state index in [0.717, 1.165) is 0 Å². The summed E-state index contributed by atoms with van der Waals surface area (Å²) in [7, 11) is -3.13. The molecule has 0 atom stereocenters. The maximum absolute atomic E-state index is 12.6. The third-order valence-electron chi connectivity index (χ3n) is 4.52. The molecule has 0 fully saturated rings. The van der Waals surface area contributed by atoms with Gasteiger partial charge in [0.1, 0.15) is 0 Å². The molecule has 10 heteroatoms. The SMILES string of the molecule is NOP(=O)(c1ccccc1)c1ccccc1.O=P(Cl)(c1ccccc1)c1ccccc1.ONCl. The molecule has 0 unspecified atom stereocenters. The van der Waals surface area contributed by atoms with Crippen LogP contribution in [0.15, 0.2) is 121 Å². The van der Waals surface area contributed by atoms with Gasteiger partial charge in [-0.3, -0.25) is 9.13 Å². The summed E-state index contributed by atoms with van der Waals surface area (Å²) in [5.41, 5.74) is 0. The van der Waals surface area contributed by atoms with Gasteiger partial charge in [-0.2, -0.15) is 0 Å². The molecule has 0 spiro atoms. The number of benzene rings is 4. The summed E-state index contributed by atoms with van der Waals surface area (Å²) in [6.07, 6.45) is 0. The Balaban J connectivity index is 0.000000216. The van der Waals surface area contributed by atoms with Crippen LogP contribution in [0.5, 0.6) is 0 Å². The van der Waals surface area contributed by atoms with Crippen molar-refractivity contribution in [3.63, 3.8) is 0 Å². The van der Waals surface area contributed by atoms with Crippen LogP contribution in [-0.2, 0) is 13.8 Å². The second-order valence-corrected chi connectivity index (χ2v) is 12.7. The second-order valence-electron chi connectivity index (χ2n) is 6.62. The Morgan fingerprint density at radius 1 is 0.618 bits per heavy atom. The van der Waals surface area contributed by atoms with Crippen LogP contribution in [-0.4, -0.2) is 5.21 Å². The average molecular weight is 537 g/mol. The lowest BCUT2D eigenvalue weighted by molar-refractivity contribution is 0.251. The normalized spacial score (nSPS) is 10.8. The van der Waals surface area contributed by atoms with Gasteiger partial charge in [-0.15, -0.1) is 5.00 Å². The molecule has 4 N–H and O–H groups in total.